The van der Waals surface area contributed by atoms with Crippen LogP contribution in [0.25, 0.3) is 0 Å². The number of ether oxygens (including phenoxy) is 1. The molecule has 1 saturated carbocycles. The number of carbonyl (C=O) groups is 3. The van der Waals surface area contributed by atoms with Crippen LogP contribution in [0.1, 0.15) is 64.2 Å². The van der Waals surface area contributed by atoms with Crippen LogP contribution in [-0.2, 0) is 10.2 Å². The van der Waals surface area contributed by atoms with Gasteiger partial charge in [-0.1, -0.05) is 17.7 Å². The molecule has 1 aromatic carbocycles. The Bertz CT molecular complexity index is 1630. The number of hydrogen-bond donors (Lipinski definition) is 1. The molecule has 1 spiro atoms. The third-order valence-corrected chi connectivity index (χ3v) is 8.84. The van der Waals surface area contributed by atoms with Crippen molar-refractivity contribution in [3.05, 3.63) is 76.2 Å². The van der Waals surface area contributed by atoms with Gasteiger partial charge < -0.3 is 19.9 Å². The van der Waals surface area contributed by atoms with Gasteiger partial charge in [0.1, 0.15) is 16.9 Å². The Hall–Kier alpha value is -4.26. The number of aromatic nitrogens is 3. The number of anilines is 1. The maximum Gasteiger partial charge on any atom is 0.281 e. The van der Waals surface area contributed by atoms with Gasteiger partial charge in [-0.15, -0.1) is 0 Å². The Labute approximate surface area is 255 Å². The molecule has 0 atom stereocenters. The van der Waals surface area contributed by atoms with Crippen molar-refractivity contribution in [2.24, 2.45) is 5.92 Å². The second-order valence-electron chi connectivity index (χ2n) is 11.3. The summed E-state index contributed by atoms with van der Waals surface area (Å²) in [5.74, 6) is -1.45. The van der Waals surface area contributed by atoms with Crippen molar-refractivity contribution in [2.45, 2.75) is 43.6 Å². The normalized spacial score (nSPS) is 20.5. The smallest absolute Gasteiger partial charge is 0.281 e. The van der Waals surface area contributed by atoms with Gasteiger partial charge >= 0.3 is 0 Å². The molecule has 10 nitrogen and oxygen atoms in total. The van der Waals surface area contributed by atoms with Crippen molar-refractivity contribution in [3.8, 4) is 5.88 Å². The number of fused-ring (bicyclic) bond motifs is 2. The first-order valence-corrected chi connectivity index (χ1v) is 14.5. The van der Waals surface area contributed by atoms with Gasteiger partial charge in [-0.25, -0.2) is 18.2 Å². The summed E-state index contributed by atoms with van der Waals surface area (Å²) in [5, 5.41) is 2.90. The largest absolute Gasteiger partial charge is 0.480 e. The molecule has 3 aliphatic rings. The molecule has 230 valence electrons. The molecule has 0 bridgehead atoms. The summed E-state index contributed by atoms with van der Waals surface area (Å²) < 4.78 is 46.2. The molecule has 6 rings (SSSR count). The van der Waals surface area contributed by atoms with E-state index in [0.717, 1.165) is 6.20 Å². The lowest BCUT2D eigenvalue weighted by Crippen LogP contribution is -2.65. The first kappa shape index (κ1) is 29.8. The number of amides is 3. The molecule has 44 heavy (non-hydrogen) atoms. The van der Waals surface area contributed by atoms with Gasteiger partial charge in [0.15, 0.2) is 5.69 Å². The Morgan fingerprint density at radius 2 is 1.89 bits per heavy atom. The maximum absolute atomic E-state index is 14.4. The van der Waals surface area contributed by atoms with Crippen molar-refractivity contribution in [2.75, 3.05) is 31.6 Å². The van der Waals surface area contributed by atoms with Crippen LogP contribution in [0.5, 0.6) is 5.88 Å². The van der Waals surface area contributed by atoms with Crippen LogP contribution in [0, 0.1) is 11.7 Å². The highest BCUT2D eigenvalue weighted by molar-refractivity contribution is 6.30. The highest BCUT2D eigenvalue weighted by Gasteiger charge is 2.59. The molecule has 3 aromatic rings. The van der Waals surface area contributed by atoms with E-state index in [0.29, 0.717) is 43.5 Å². The van der Waals surface area contributed by atoms with Crippen LogP contribution >= 0.6 is 11.6 Å². The molecular formula is C30H28ClF3N6O4. The number of pyridine rings is 1. The Kier molecular flexibility index (Phi) is 7.91. The summed E-state index contributed by atoms with van der Waals surface area (Å²) >= 11 is 5.89. The van der Waals surface area contributed by atoms with E-state index in [-0.39, 0.29) is 59.0 Å². The van der Waals surface area contributed by atoms with Gasteiger partial charge in [0.25, 0.3) is 18.2 Å². The van der Waals surface area contributed by atoms with E-state index in [9.17, 15) is 27.6 Å². The fourth-order valence-corrected chi connectivity index (χ4v) is 6.54. The van der Waals surface area contributed by atoms with Crippen LogP contribution in [0.4, 0.5) is 18.9 Å². The van der Waals surface area contributed by atoms with E-state index in [1.807, 2.05) is 0 Å². The summed E-state index contributed by atoms with van der Waals surface area (Å²) in [6.07, 6.45) is 3.33. The van der Waals surface area contributed by atoms with Crippen LogP contribution in [0.15, 0.2) is 42.9 Å². The van der Waals surface area contributed by atoms with Gasteiger partial charge in [-0.3, -0.25) is 24.4 Å². The second-order valence-corrected chi connectivity index (χ2v) is 11.8. The van der Waals surface area contributed by atoms with Crippen molar-refractivity contribution in [3.63, 3.8) is 0 Å². The molecular weight excluding hydrogens is 601 g/mol. The van der Waals surface area contributed by atoms with E-state index >= 15 is 0 Å². The lowest BCUT2D eigenvalue weighted by molar-refractivity contribution is -0.128. The average molecular weight is 629 g/mol. The van der Waals surface area contributed by atoms with Crippen molar-refractivity contribution >= 4 is 35.0 Å². The standard InChI is InChI=1S/C30H28ClF3N6O4/c1-44-24-12-35-11-22(38-24)28(42)39-14-30(15-39)21-7-4-18(32)9-23(21)40(29(30)43)13-16-2-5-19(6-3-16)37-27(41)20-8-17(31)10-36-25(20)26(33)34/h4,7-12,16,19,26H,2-3,5-6,13-15H2,1H3,(H,37,41)/t16-,19-. The minimum atomic E-state index is -2.92. The SMILES string of the molecule is COc1cncc(C(=O)N2CC3(C2)C(=O)N(C[C@H]2CC[C@H](NC(=O)c4cc(Cl)cnc4C(F)F)CC2)c2cc(F)ccc23)n1. The van der Waals surface area contributed by atoms with E-state index < -0.39 is 29.3 Å². The number of benzene rings is 1. The zero-order chi connectivity index (χ0) is 31.2. The van der Waals surface area contributed by atoms with E-state index in [4.69, 9.17) is 16.3 Å². The molecule has 14 heteroatoms. The van der Waals surface area contributed by atoms with Crippen LogP contribution in [-0.4, -0.2) is 70.4 Å². The summed E-state index contributed by atoms with van der Waals surface area (Å²) in [7, 11) is 1.42. The molecule has 1 N–H and O–H groups in total. The summed E-state index contributed by atoms with van der Waals surface area (Å²) in [6.45, 7) is 0.591. The van der Waals surface area contributed by atoms with Gasteiger partial charge in [0.2, 0.25) is 11.8 Å². The number of halogens is 4. The second kappa shape index (κ2) is 11.7. The molecule has 0 radical (unpaired) electrons. The predicted octanol–water partition coefficient (Wildman–Crippen LogP) is 4.34. The van der Waals surface area contributed by atoms with E-state index in [2.05, 4.69) is 20.3 Å². The Morgan fingerprint density at radius 3 is 2.59 bits per heavy atom. The number of alkyl halides is 2. The topological polar surface area (TPSA) is 118 Å². The van der Waals surface area contributed by atoms with Crippen molar-refractivity contribution in [1.82, 2.24) is 25.2 Å². The van der Waals surface area contributed by atoms with E-state index in [1.165, 1.54) is 42.6 Å². The lowest BCUT2D eigenvalue weighted by Gasteiger charge is -2.46. The molecule has 1 aliphatic carbocycles. The molecule has 1 saturated heterocycles. The number of rotatable bonds is 7. The molecule has 2 aromatic heterocycles. The number of nitrogens with zero attached hydrogens (tertiary/aromatic N) is 5. The molecule has 0 unspecified atom stereocenters. The van der Waals surface area contributed by atoms with Crippen LogP contribution in [0.3, 0.4) is 0 Å². The predicted molar refractivity (Wildman–Crippen MR) is 152 cm³/mol. The number of carbonyl (C=O) groups excluding carboxylic acids is 3. The first-order chi connectivity index (χ1) is 21.1. The number of nitrogens with one attached hydrogen (secondary N) is 1. The third kappa shape index (κ3) is 5.33. The van der Waals surface area contributed by atoms with Gasteiger partial charge in [-0.2, -0.15) is 0 Å². The first-order valence-electron chi connectivity index (χ1n) is 14.1. The summed E-state index contributed by atoms with van der Waals surface area (Å²) in [6, 6.07) is 5.21. The molecule has 4 heterocycles. The zero-order valence-electron chi connectivity index (χ0n) is 23.6. The van der Waals surface area contributed by atoms with Crippen LogP contribution < -0.4 is 15.0 Å². The number of hydrogen-bond acceptors (Lipinski definition) is 7. The molecule has 2 aliphatic heterocycles. The lowest BCUT2D eigenvalue weighted by atomic mass is 9.74. The molecule has 3 amide bonds. The number of likely N-dealkylation sites (tertiary alicyclic amines) is 1. The zero-order valence-corrected chi connectivity index (χ0v) is 24.4. The summed E-state index contributed by atoms with van der Waals surface area (Å²) in [5.41, 5.74) is -0.596. The van der Waals surface area contributed by atoms with Crippen LogP contribution in [0.2, 0.25) is 5.02 Å². The Morgan fingerprint density at radius 1 is 1.14 bits per heavy atom. The van der Waals surface area contributed by atoms with E-state index in [1.54, 1.807) is 11.0 Å². The quantitative estimate of drug-likeness (QED) is 0.414. The average Bonchev–Trinajstić information content (AvgIpc) is 3.23. The highest BCUT2D eigenvalue weighted by Crippen LogP contribution is 2.48. The fourth-order valence-electron chi connectivity index (χ4n) is 6.38. The monoisotopic (exact) mass is 628 g/mol. The van der Waals surface area contributed by atoms with Gasteiger partial charge in [0.05, 0.1) is 35.8 Å². The molecule has 2 fully saturated rings. The van der Waals surface area contributed by atoms with Crippen molar-refractivity contribution < 1.29 is 32.3 Å². The highest BCUT2D eigenvalue weighted by atomic mass is 35.5. The third-order valence-electron chi connectivity index (χ3n) is 8.63. The fraction of sp³-hybridized carbons (Fsp3) is 0.400. The number of methoxy groups -OCH3 is 1. The minimum Gasteiger partial charge on any atom is -0.480 e. The van der Waals surface area contributed by atoms with Gasteiger partial charge in [-0.05, 0) is 55.4 Å². The van der Waals surface area contributed by atoms with Gasteiger partial charge in [0, 0.05) is 31.9 Å². The maximum atomic E-state index is 14.4. The van der Waals surface area contributed by atoms with Crippen molar-refractivity contribution in [1.29, 1.82) is 0 Å². The Balaban J connectivity index is 1.11. The summed E-state index contributed by atoms with van der Waals surface area (Å²) in [4.78, 5) is 54.7. The minimum absolute atomic E-state index is 0.0627.